The Bertz CT molecular complexity index is 4490. The van der Waals surface area contributed by atoms with Crippen molar-refractivity contribution in [1.29, 1.82) is 0 Å². The zero-order chi connectivity index (χ0) is 51.3. The first-order valence-electron chi connectivity index (χ1n) is 26.8. The molecule has 0 amide bonds. The molecule has 1 atom stereocenters. The average Bonchev–Trinajstić information content (AvgIpc) is 4.24. The number of fused-ring (bicyclic) bond motifs is 14. The summed E-state index contributed by atoms with van der Waals surface area (Å²) in [4.78, 5) is 16.4. The van der Waals surface area contributed by atoms with Gasteiger partial charge in [0.25, 0.3) is 0 Å². The average molecular weight is 996 g/mol. The van der Waals surface area contributed by atoms with E-state index in [0.717, 1.165) is 89.0 Å². The molecule has 0 fully saturated rings. The first kappa shape index (κ1) is 45.0. The molecular formula is C70H53N5O2. The van der Waals surface area contributed by atoms with Gasteiger partial charge < -0.3 is 23.5 Å². The van der Waals surface area contributed by atoms with Crippen molar-refractivity contribution in [2.75, 3.05) is 27.9 Å². The van der Waals surface area contributed by atoms with Crippen molar-refractivity contribution in [3.05, 3.63) is 240 Å². The molecule has 0 saturated carbocycles. The smallest absolute Gasteiger partial charge is 0.159 e. The molecule has 0 radical (unpaired) electrons. The fourth-order valence-corrected chi connectivity index (χ4v) is 12.8. The van der Waals surface area contributed by atoms with Gasteiger partial charge in [-0.3, -0.25) is 4.99 Å². The highest BCUT2D eigenvalue weighted by Crippen LogP contribution is 2.55. The fraction of sp³-hybridized carbons (Fsp3) is 0.114. The minimum absolute atomic E-state index is 0.213. The molecule has 370 valence electrons. The minimum atomic E-state index is -0.213. The van der Waals surface area contributed by atoms with Crippen LogP contribution in [0.1, 0.15) is 59.1 Å². The van der Waals surface area contributed by atoms with Crippen LogP contribution in [0.4, 0.5) is 22.7 Å². The van der Waals surface area contributed by atoms with Crippen molar-refractivity contribution < 1.29 is 8.83 Å². The second kappa shape index (κ2) is 17.9. The Kier molecular flexibility index (Phi) is 10.4. The summed E-state index contributed by atoms with van der Waals surface area (Å²) in [5.74, 6) is 0.0736. The van der Waals surface area contributed by atoms with E-state index in [2.05, 4.69) is 247 Å². The summed E-state index contributed by atoms with van der Waals surface area (Å²) < 4.78 is 14.8. The van der Waals surface area contributed by atoms with Crippen LogP contribution in [0.2, 0.25) is 0 Å². The van der Waals surface area contributed by atoms with E-state index >= 15 is 0 Å². The van der Waals surface area contributed by atoms with Gasteiger partial charge in [-0.05, 0) is 105 Å². The van der Waals surface area contributed by atoms with Gasteiger partial charge in [0.2, 0.25) is 0 Å². The van der Waals surface area contributed by atoms with Crippen molar-refractivity contribution >= 4 is 101 Å². The first-order valence-corrected chi connectivity index (χ1v) is 26.8. The third kappa shape index (κ3) is 7.18. The Balaban J connectivity index is 1.10. The maximum absolute atomic E-state index is 7.45. The molecule has 1 unspecified atom stereocenters. The quantitative estimate of drug-likeness (QED) is 0.112. The summed E-state index contributed by atoms with van der Waals surface area (Å²) in [5, 5.41) is 8.66. The van der Waals surface area contributed by atoms with Gasteiger partial charge in [0.05, 0.1) is 17.7 Å². The molecule has 0 spiro atoms. The molecule has 7 nitrogen and oxygen atoms in total. The maximum Gasteiger partial charge on any atom is 0.159 e. The lowest BCUT2D eigenvalue weighted by molar-refractivity contribution is 0.668. The van der Waals surface area contributed by atoms with Crippen molar-refractivity contribution in [3.63, 3.8) is 0 Å². The summed E-state index contributed by atoms with van der Waals surface area (Å²) in [6.45, 7) is 8.54. The number of hydrogen-bond donors (Lipinski definition) is 0. The molecule has 3 aliphatic rings. The fourth-order valence-electron chi connectivity index (χ4n) is 12.8. The molecule has 12 aromatic rings. The largest absolute Gasteiger partial charge is 0.455 e. The number of allylic oxidation sites excluding steroid dienone is 2. The molecule has 5 heterocycles. The van der Waals surface area contributed by atoms with E-state index in [0.29, 0.717) is 13.2 Å². The van der Waals surface area contributed by atoms with Crippen molar-refractivity contribution in [2.24, 2.45) is 9.98 Å². The van der Waals surface area contributed by atoms with Gasteiger partial charge in [-0.2, -0.15) is 0 Å². The lowest BCUT2D eigenvalue weighted by Crippen LogP contribution is -2.24. The summed E-state index contributed by atoms with van der Waals surface area (Å²) in [7, 11) is 0. The van der Waals surface area contributed by atoms with E-state index in [9.17, 15) is 0 Å². The number of furan rings is 2. The van der Waals surface area contributed by atoms with E-state index in [1.54, 1.807) is 6.34 Å². The van der Waals surface area contributed by atoms with Gasteiger partial charge in [0.1, 0.15) is 29.8 Å². The van der Waals surface area contributed by atoms with Crippen LogP contribution in [0, 0.1) is 6.92 Å². The molecule has 0 bridgehead atoms. The zero-order valence-corrected chi connectivity index (χ0v) is 43.1. The first-order chi connectivity index (χ1) is 37.9. The Labute approximate surface area is 446 Å². The van der Waals surface area contributed by atoms with E-state index in [1.165, 1.54) is 61.3 Å². The van der Waals surface area contributed by atoms with Crippen LogP contribution in [0.25, 0.3) is 87.7 Å². The van der Waals surface area contributed by atoms with Crippen LogP contribution in [0.3, 0.4) is 0 Å². The number of rotatable bonds is 8. The third-order valence-electron chi connectivity index (χ3n) is 16.2. The second-order valence-corrected chi connectivity index (χ2v) is 21.1. The van der Waals surface area contributed by atoms with Gasteiger partial charge >= 0.3 is 0 Å². The van der Waals surface area contributed by atoms with Crippen molar-refractivity contribution in [1.82, 2.24) is 0 Å². The predicted molar refractivity (Wildman–Crippen MR) is 322 cm³/mol. The number of benzene rings is 10. The van der Waals surface area contributed by atoms with Crippen molar-refractivity contribution in [2.45, 2.75) is 39.2 Å². The molecule has 0 N–H and O–H groups in total. The summed E-state index contributed by atoms with van der Waals surface area (Å²) in [5.41, 5.74) is 19.8. The zero-order valence-electron chi connectivity index (χ0n) is 43.1. The molecular weight excluding hydrogens is 943 g/mol. The molecule has 2 aromatic heterocycles. The van der Waals surface area contributed by atoms with Crippen LogP contribution < -0.4 is 14.7 Å². The van der Waals surface area contributed by atoms with Gasteiger partial charge in [0.15, 0.2) is 5.58 Å². The SMILES string of the molecule is Cc1ccc2c(c1)CN(c1ccc3c(c1)oc1c(N4C=NC=NC4)cc4c(C(c5ccccc5)c5ccc(-c6ccccc6)cc5)c(N5C=CC=CC5)c5ccc6c(oc7cccc(C(C)C)c76)c5c4c13)c1ccccc1-2. The minimum Gasteiger partial charge on any atom is -0.455 e. The molecule has 0 saturated heterocycles. The van der Waals surface area contributed by atoms with Gasteiger partial charge in [-0.1, -0.05) is 171 Å². The normalized spacial score (nSPS) is 14.6. The summed E-state index contributed by atoms with van der Waals surface area (Å²) in [6.07, 6.45) is 12.3. The van der Waals surface area contributed by atoms with Gasteiger partial charge in [0, 0.05) is 85.9 Å². The second-order valence-electron chi connectivity index (χ2n) is 21.1. The Morgan fingerprint density at radius 1 is 0.545 bits per heavy atom. The lowest BCUT2D eigenvalue weighted by atomic mass is 9.78. The Morgan fingerprint density at radius 2 is 1.30 bits per heavy atom. The molecule has 15 rings (SSSR count). The topological polar surface area (TPSA) is 60.7 Å². The van der Waals surface area contributed by atoms with Crippen LogP contribution >= 0.6 is 0 Å². The van der Waals surface area contributed by atoms with Crippen molar-refractivity contribution in [3.8, 4) is 22.3 Å². The molecule has 77 heavy (non-hydrogen) atoms. The molecule has 3 aliphatic heterocycles. The highest BCUT2D eigenvalue weighted by molar-refractivity contribution is 6.37. The number of anilines is 4. The summed E-state index contributed by atoms with van der Waals surface area (Å²) >= 11 is 0. The van der Waals surface area contributed by atoms with E-state index in [-0.39, 0.29) is 11.8 Å². The Hall–Kier alpha value is -9.46. The van der Waals surface area contributed by atoms with Crippen LogP contribution in [-0.2, 0) is 6.54 Å². The van der Waals surface area contributed by atoms with E-state index in [4.69, 9.17) is 13.8 Å². The van der Waals surface area contributed by atoms with Crippen LogP contribution in [-0.4, -0.2) is 25.9 Å². The van der Waals surface area contributed by atoms with Gasteiger partial charge in [-0.25, -0.2) is 4.99 Å². The third-order valence-corrected chi connectivity index (χ3v) is 16.2. The van der Waals surface area contributed by atoms with Gasteiger partial charge in [-0.15, -0.1) is 0 Å². The van der Waals surface area contributed by atoms with E-state index < -0.39 is 0 Å². The number of aryl methyl sites for hydroxylation is 1. The lowest BCUT2D eigenvalue weighted by Gasteiger charge is -2.33. The Morgan fingerprint density at radius 3 is 2.10 bits per heavy atom. The monoisotopic (exact) mass is 995 g/mol. The maximum atomic E-state index is 7.45. The highest BCUT2D eigenvalue weighted by atomic mass is 16.3. The number of nitrogens with zero attached hydrogens (tertiary/aromatic N) is 5. The molecule has 10 aromatic carbocycles. The standard InChI is InChI=1S/C70H53N5O2/c1-43(2)51-21-15-23-60-63(51)56-33-32-55-67(69(56)76-60)64-57(65(68(55)73-34-13-6-14-35-73)62(47-18-9-5-10-19-47)48-27-25-46(26-28-48)45-16-7-4-8-17-45)38-59(74-41-71-40-72-42-74)70-66(64)54-31-29-50(37-61(54)77-70)75-39-49-36-44(3)24-30-52(49)53-20-11-12-22-58(53)75/h4-34,36-38,40-41,43,62H,35,39,42H2,1-3H3. The molecule has 0 aliphatic carbocycles. The highest BCUT2D eigenvalue weighted by Gasteiger charge is 2.33. The number of aliphatic imine (C=N–C) groups is 2. The van der Waals surface area contributed by atoms with E-state index in [1.807, 2.05) is 6.34 Å². The summed E-state index contributed by atoms with van der Waals surface area (Å²) in [6, 6.07) is 66.9. The van der Waals surface area contributed by atoms with Crippen LogP contribution in [0.15, 0.2) is 225 Å². The number of hydrogen-bond acceptors (Lipinski definition) is 7. The molecule has 7 heteroatoms. The predicted octanol–water partition coefficient (Wildman–Crippen LogP) is 18.1. The van der Waals surface area contributed by atoms with Crippen LogP contribution in [0.5, 0.6) is 0 Å². The number of para-hydroxylation sites is 1.